The van der Waals surface area contributed by atoms with Crippen molar-refractivity contribution in [3.63, 3.8) is 0 Å². The van der Waals surface area contributed by atoms with E-state index >= 15 is 0 Å². The predicted octanol–water partition coefficient (Wildman–Crippen LogP) is 2.89. The van der Waals surface area contributed by atoms with Crippen LogP contribution in [0.2, 0.25) is 0 Å². The topological polar surface area (TPSA) is 37.4 Å². The molecule has 0 spiro atoms. The molecule has 2 unspecified atom stereocenters. The fourth-order valence-electron chi connectivity index (χ4n) is 4.16. The van der Waals surface area contributed by atoms with Gasteiger partial charge in [-0.3, -0.25) is 0 Å². The molecule has 3 aliphatic rings. The first kappa shape index (κ1) is 13.4. The molecular formula is C14H15Cl2NO2S. The average Bonchev–Trinajstić information content (AvgIpc) is 2.87. The van der Waals surface area contributed by atoms with Crippen molar-refractivity contribution in [2.45, 2.75) is 28.1 Å². The maximum absolute atomic E-state index is 12.8. The molecule has 0 aromatic heterocycles. The van der Waals surface area contributed by atoms with Crippen LogP contribution in [0.4, 0.5) is 0 Å². The zero-order valence-electron chi connectivity index (χ0n) is 10.7. The lowest BCUT2D eigenvalue weighted by Gasteiger charge is -2.36. The Morgan fingerprint density at radius 3 is 2.55 bits per heavy atom. The normalized spacial score (nSPS) is 38.5. The lowest BCUT2D eigenvalue weighted by molar-refractivity contribution is 0.219. The van der Waals surface area contributed by atoms with Gasteiger partial charge in [-0.15, -0.1) is 23.2 Å². The van der Waals surface area contributed by atoms with Crippen molar-refractivity contribution in [1.82, 2.24) is 4.31 Å². The molecule has 108 valence electrons. The smallest absolute Gasteiger partial charge is 0.207 e. The second kappa shape index (κ2) is 4.13. The van der Waals surface area contributed by atoms with Gasteiger partial charge in [0.05, 0.1) is 4.90 Å². The van der Waals surface area contributed by atoms with E-state index < -0.39 is 14.4 Å². The highest BCUT2D eigenvalue weighted by molar-refractivity contribution is 7.89. The minimum absolute atomic E-state index is 0.0287. The van der Waals surface area contributed by atoms with Crippen LogP contribution < -0.4 is 0 Å². The van der Waals surface area contributed by atoms with E-state index in [0.717, 1.165) is 12.8 Å². The van der Waals surface area contributed by atoms with Crippen molar-refractivity contribution >= 4 is 33.2 Å². The molecule has 3 fully saturated rings. The van der Waals surface area contributed by atoms with Gasteiger partial charge in [0.15, 0.2) is 0 Å². The molecular weight excluding hydrogens is 317 g/mol. The third-order valence-corrected chi connectivity index (χ3v) is 8.02. The van der Waals surface area contributed by atoms with Crippen molar-refractivity contribution in [2.75, 3.05) is 6.54 Å². The first-order valence-electron chi connectivity index (χ1n) is 6.89. The monoisotopic (exact) mass is 331 g/mol. The van der Waals surface area contributed by atoms with E-state index in [9.17, 15) is 8.42 Å². The average molecular weight is 332 g/mol. The van der Waals surface area contributed by atoms with Crippen LogP contribution >= 0.6 is 23.2 Å². The molecule has 0 N–H and O–H groups in total. The molecule has 1 aliphatic heterocycles. The van der Waals surface area contributed by atoms with Crippen LogP contribution in [-0.4, -0.2) is 29.6 Å². The van der Waals surface area contributed by atoms with Crippen LogP contribution in [0, 0.1) is 17.8 Å². The molecule has 0 amide bonds. The number of piperidine rings is 1. The first-order chi connectivity index (χ1) is 9.44. The van der Waals surface area contributed by atoms with Crippen LogP contribution in [0.5, 0.6) is 0 Å². The van der Waals surface area contributed by atoms with Gasteiger partial charge in [0.1, 0.15) is 4.33 Å². The zero-order chi connectivity index (χ0) is 14.1. The Morgan fingerprint density at radius 2 is 1.85 bits per heavy atom. The Balaban J connectivity index is 1.70. The summed E-state index contributed by atoms with van der Waals surface area (Å²) in [6.07, 6.45) is 1.77. The highest BCUT2D eigenvalue weighted by Crippen LogP contribution is 2.72. The second-order valence-corrected chi connectivity index (χ2v) is 9.34. The predicted molar refractivity (Wildman–Crippen MR) is 78.3 cm³/mol. The lowest BCUT2D eigenvalue weighted by atomic mass is 9.95. The minimum Gasteiger partial charge on any atom is -0.207 e. The van der Waals surface area contributed by atoms with Crippen LogP contribution in [0.15, 0.2) is 35.2 Å². The summed E-state index contributed by atoms with van der Waals surface area (Å²) in [4.78, 5) is 0.359. The zero-order valence-corrected chi connectivity index (χ0v) is 13.1. The van der Waals surface area contributed by atoms with E-state index in [1.807, 2.05) is 6.07 Å². The number of halogens is 2. The number of nitrogens with zero attached hydrogens (tertiary/aromatic N) is 1. The van der Waals surface area contributed by atoms with Crippen LogP contribution in [0.1, 0.15) is 12.8 Å². The van der Waals surface area contributed by atoms with Crippen molar-refractivity contribution in [2.24, 2.45) is 17.8 Å². The maximum Gasteiger partial charge on any atom is 0.243 e. The summed E-state index contributed by atoms with van der Waals surface area (Å²) in [6.45, 7) is 0.587. The van der Waals surface area contributed by atoms with Crippen molar-refractivity contribution in [3.05, 3.63) is 30.3 Å². The van der Waals surface area contributed by atoms with Crippen molar-refractivity contribution in [1.29, 1.82) is 0 Å². The Hall–Kier alpha value is -0.290. The largest absolute Gasteiger partial charge is 0.243 e. The molecule has 2 saturated carbocycles. The van der Waals surface area contributed by atoms with Gasteiger partial charge in [0.2, 0.25) is 10.0 Å². The third-order valence-electron chi connectivity index (χ3n) is 5.07. The molecule has 4 atom stereocenters. The highest BCUT2D eigenvalue weighted by atomic mass is 35.5. The number of alkyl halides is 2. The summed E-state index contributed by atoms with van der Waals surface area (Å²) in [5, 5.41) is 0. The fourth-order valence-corrected chi connectivity index (χ4v) is 6.92. The summed E-state index contributed by atoms with van der Waals surface area (Å²) in [7, 11) is -3.44. The quantitative estimate of drug-likeness (QED) is 0.781. The number of rotatable bonds is 2. The highest BCUT2D eigenvalue weighted by Gasteiger charge is 2.75. The maximum atomic E-state index is 12.8. The molecule has 2 aliphatic carbocycles. The third kappa shape index (κ3) is 1.65. The SMILES string of the molecule is O=S(=O)(c1ccccc1)N1CC[C@@H]2C[C@H]1C1C2C1(Cl)Cl. The molecule has 1 aromatic rings. The summed E-state index contributed by atoms with van der Waals surface area (Å²) >= 11 is 12.6. The van der Waals surface area contributed by atoms with Gasteiger partial charge in [-0.2, -0.15) is 4.31 Å². The molecule has 6 heteroatoms. The van der Waals surface area contributed by atoms with Crippen LogP contribution in [0.3, 0.4) is 0 Å². The van der Waals surface area contributed by atoms with E-state index in [-0.39, 0.29) is 17.9 Å². The van der Waals surface area contributed by atoms with E-state index in [2.05, 4.69) is 0 Å². The summed E-state index contributed by atoms with van der Waals surface area (Å²) in [6, 6.07) is 8.59. The Morgan fingerprint density at radius 1 is 1.15 bits per heavy atom. The number of benzene rings is 1. The minimum atomic E-state index is -3.44. The van der Waals surface area contributed by atoms with Crippen LogP contribution in [-0.2, 0) is 10.0 Å². The lowest BCUT2D eigenvalue weighted by Crippen LogP contribution is -2.46. The molecule has 3 nitrogen and oxygen atoms in total. The molecule has 1 saturated heterocycles. The van der Waals surface area contributed by atoms with Gasteiger partial charge in [-0.05, 0) is 30.9 Å². The van der Waals surface area contributed by atoms with Gasteiger partial charge in [-0.1, -0.05) is 18.2 Å². The fraction of sp³-hybridized carbons (Fsp3) is 0.571. The Labute approximate surface area is 128 Å². The first-order valence-corrected chi connectivity index (χ1v) is 9.08. The number of hydrogen-bond acceptors (Lipinski definition) is 2. The Kier molecular flexibility index (Phi) is 2.76. The van der Waals surface area contributed by atoms with E-state index in [1.165, 1.54) is 0 Å². The van der Waals surface area contributed by atoms with Crippen molar-refractivity contribution < 1.29 is 8.42 Å². The molecule has 4 rings (SSSR count). The summed E-state index contributed by atoms with van der Waals surface area (Å²) in [5.41, 5.74) is 0. The van der Waals surface area contributed by atoms with E-state index in [4.69, 9.17) is 23.2 Å². The van der Waals surface area contributed by atoms with E-state index in [0.29, 0.717) is 17.4 Å². The van der Waals surface area contributed by atoms with Gasteiger partial charge < -0.3 is 0 Å². The molecule has 0 radical (unpaired) electrons. The molecule has 1 heterocycles. The molecule has 1 aromatic carbocycles. The van der Waals surface area contributed by atoms with Gasteiger partial charge in [0, 0.05) is 24.4 Å². The molecule has 20 heavy (non-hydrogen) atoms. The standard InChI is InChI=1S/C14H15Cl2NO2S/c15-14(16)12-9-6-7-17(11(8-9)13(12)14)20(18,19)10-4-2-1-3-5-10/h1-5,9,11-13H,6-8H2/t9-,11+,12?,13?/m1/s1. The second-order valence-electron chi connectivity index (χ2n) is 6.01. The summed E-state index contributed by atoms with van der Waals surface area (Å²) in [5.74, 6) is 0.880. The van der Waals surface area contributed by atoms with E-state index in [1.54, 1.807) is 28.6 Å². The van der Waals surface area contributed by atoms with Crippen LogP contribution in [0.25, 0.3) is 0 Å². The Bertz CT molecular complexity index is 646. The summed E-state index contributed by atoms with van der Waals surface area (Å²) < 4.78 is 26.5. The number of hydrogen-bond donors (Lipinski definition) is 0. The van der Waals surface area contributed by atoms with Crippen molar-refractivity contribution in [3.8, 4) is 0 Å². The van der Waals surface area contributed by atoms with Gasteiger partial charge in [-0.25, -0.2) is 8.42 Å². The number of sulfonamides is 1. The van der Waals surface area contributed by atoms with Gasteiger partial charge in [0.25, 0.3) is 0 Å². The van der Waals surface area contributed by atoms with Gasteiger partial charge >= 0.3 is 0 Å². The molecule has 2 bridgehead atoms. The number of fused-ring (bicyclic) bond motifs is 5.